The smallest absolute Gasteiger partial charge is 0.160 e. The van der Waals surface area contributed by atoms with E-state index in [0.29, 0.717) is 22.3 Å². The highest BCUT2D eigenvalue weighted by Gasteiger charge is 2.46. The minimum absolute atomic E-state index is 0.0795. The maximum Gasteiger partial charge on any atom is 0.160 e. The first-order chi connectivity index (χ1) is 13.3. The number of benzene rings is 2. The van der Waals surface area contributed by atoms with E-state index in [1.165, 1.54) is 23.9 Å². The Morgan fingerprint density at radius 3 is 2.61 bits per heavy atom. The molecule has 0 radical (unpaired) electrons. The monoisotopic (exact) mass is 458 g/mol. The lowest BCUT2D eigenvalue weighted by atomic mass is 10.1. The van der Waals surface area contributed by atoms with Crippen molar-refractivity contribution in [3.8, 4) is 0 Å². The van der Waals surface area contributed by atoms with Crippen molar-refractivity contribution in [1.82, 2.24) is 4.90 Å². The maximum absolute atomic E-state index is 13.3. The van der Waals surface area contributed by atoms with Crippen molar-refractivity contribution >= 4 is 50.0 Å². The van der Waals surface area contributed by atoms with E-state index in [9.17, 15) is 12.8 Å². The average molecular weight is 459 g/mol. The molecule has 148 valence electrons. The minimum atomic E-state index is -3.08. The third-order valence-corrected chi connectivity index (χ3v) is 8.21. The maximum atomic E-state index is 13.3. The van der Waals surface area contributed by atoms with Gasteiger partial charge < -0.3 is 4.90 Å². The van der Waals surface area contributed by atoms with Gasteiger partial charge >= 0.3 is 0 Å². The Labute approximate surface area is 177 Å². The van der Waals surface area contributed by atoms with Crippen LogP contribution in [-0.2, 0) is 22.1 Å². The van der Waals surface area contributed by atoms with Crippen molar-refractivity contribution in [3.05, 3.63) is 69.5 Å². The number of halogens is 3. The molecule has 2 aromatic rings. The molecule has 9 heteroatoms. The summed E-state index contributed by atoms with van der Waals surface area (Å²) in [6.45, 7) is 0.552. The second-order valence-electron chi connectivity index (χ2n) is 6.90. The topological polar surface area (TPSA) is 49.7 Å². The first kappa shape index (κ1) is 20.0. The van der Waals surface area contributed by atoms with Gasteiger partial charge in [-0.3, -0.25) is 4.99 Å². The van der Waals surface area contributed by atoms with E-state index in [0.717, 1.165) is 16.3 Å². The number of hydrogen-bond acceptors (Lipinski definition) is 5. The number of nitrogens with zero attached hydrogens (tertiary/aromatic N) is 2. The molecule has 0 N–H and O–H groups in total. The van der Waals surface area contributed by atoms with Gasteiger partial charge in [0.05, 0.1) is 23.6 Å². The lowest BCUT2D eigenvalue weighted by molar-refractivity contribution is 0.343. The van der Waals surface area contributed by atoms with Crippen LogP contribution < -0.4 is 0 Å². The number of hydrogen-bond donors (Lipinski definition) is 0. The largest absolute Gasteiger partial charge is 0.341 e. The lowest BCUT2D eigenvalue weighted by Gasteiger charge is -2.26. The van der Waals surface area contributed by atoms with Crippen LogP contribution in [0, 0.1) is 5.82 Å². The normalized spacial score (nSPS) is 23.0. The summed E-state index contributed by atoms with van der Waals surface area (Å²) in [5.74, 6) is 0.342. The number of fused-ring (bicyclic) bond motifs is 1. The zero-order valence-electron chi connectivity index (χ0n) is 14.7. The Hall–Kier alpha value is -1.28. The Kier molecular flexibility index (Phi) is 5.62. The second kappa shape index (κ2) is 7.86. The molecule has 0 spiro atoms. The molecule has 0 bridgehead atoms. The highest BCUT2D eigenvalue weighted by Crippen LogP contribution is 2.34. The van der Waals surface area contributed by atoms with Crippen LogP contribution in [0.5, 0.6) is 0 Å². The van der Waals surface area contributed by atoms with Gasteiger partial charge in [0.15, 0.2) is 15.0 Å². The van der Waals surface area contributed by atoms with Crippen molar-refractivity contribution in [2.24, 2.45) is 4.99 Å². The van der Waals surface area contributed by atoms with Crippen molar-refractivity contribution in [2.75, 3.05) is 11.5 Å². The lowest BCUT2D eigenvalue weighted by Crippen LogP contribution is -2.38. The van der Waals surface area contributed by atoms with Gasteiger partial charge in [0.2, 0.25) is 0 Å². The molecule has 2 aliphatic heterocycles. The highest BCUT2D eigenvalue weighted by molar-refractivity contribution is 8.13. The molecule has 4 nitrogen and oxygen atoms in total. The molecule has 1 fully saturated rings. The Morgan fingerprint density at radius 1 is 1.14 bits per heavy atom. The van der Waals surface area contributed by atoms with Crippen molar-refractivity contribution in [1.29, 1.82) is 0 Å². The third kappa shape index (κ3) is 4.32. The molecule has 0 amide bonds. The fourth-order valence-corrected chi connectivity index (χ4v) is 6.89. The number of aliphatic imine (C=N–C) groups is 1. The summed E-state index contributed by atoms with van der Waals surface area (Å²) < 4.78 is 37.4. The van der Waals surface area contributed by atoms with Crippen LogP contribution in [0.1, 0.15) is 11.1 Å². The zero-order chi connectivity index (χ0) is 19.9. The molecular weight excluding hydrogens is 442 g/mol. The van der Waals surface area contributed by atoms with E-state index in [4.69, 9.17) is 23.2 Å². The highest BCUT2D eigenvalue weighted by atomic mass is 35.5. The van der Waals surface area contributed by atoms with E-state index in [1.54, 1.807) is 6.07 Å². The molecule has 0 saturated carbocycles. The summed E-state index contributed by atoms with van der Waals surface area (Å²) in [6.07, 6.45) is 0. The summed E-state index contributed by atoms with van der Waals surface area (Å²) in [5, 5.41) is 1.82. The molecule has 28 heavy (non-hydrogen) atoms. The Balaban J connectivity index is 1.55. The molecule has 2 atom stereocenters. The summed E-state index contributed by atoms with van der Waals surface area (Å²) in [6, 6.07) is 11.4. The minimum Gasteiger partial charge on any atom is -0.341 e. The molecular formula is C19H17Cl2FN2O2S2. The van der Waals surface area contributed by atoms with Gasteiger partial charge in [0.25, 0.3) is 0 Å². The second-order valence-corrected chi connectivity index (χ2v) is 10.8. The third-order valence-electron chi connectivity index (χ3n) is 4.85. The molecule has 0 unspecified atom stereocenters. The van der Waals surface area contributed by atoms with Crippen LogP contribution in [0.15, 0.2) is 47.5 Å². The van der Waals surface area contributed by atoms with Gasteiger partial charge in [0, 0.05) is 22.3 Å². The SMILES string of the molecule is O=S1(=O)C[C@H]2N=C(SCc3ccc(F)cc3Cl)N(Cc3ccc(Cl)cc3)[C@H]2C1. The molecule has 2 aromatic carbocycles. The predicted molar refractivity (Wildman–Crippen MR) is 113 cm³/mol. The summed E-state index contributed by atoms with van der Waals surface area (Å²) >= 11 is 13.6. The van der Waals surface area contributed by atoms with Crippen LogP contribution in [0.2, 0.25) is 10.0 Å². The molecule has 2 heterocycles. The molecule has 1 saturated heterocycles. The first-order valence-corrected chi connectivity index (χ1v) is 12.2. The van der Waals surface area contributed by atoms with E-state index >= 15 is 0 Å². The Morgan fingerprint density at radius 2 is 1.89 bits per heavy atom. The standard InChI is InChI=1S/C19H17Cl2FN2O2S2/c20-14-4-1-12(2-5-14)8-24-18-11-28(25,26)10-17(18)23-19(24)27-9-13-3-6-15(22)7-16(13)21/h1-7,17-18H,8-11H2/t17-,18+/m1/s1. The molecule has 4 rings (SSSR count). The van der Waals surface area contributed by atoms with Gasteiger partial charge in [-0.2, -0.15) is 0 Å². The predicted octanol–water partition coefficient (Wildman–Crippen LogP) is 4.40. The van der Waals surface area contributed by atoms with Crippen LogP contribution in [0.4, 0.5) is 4.39 Å². The fourth-order valence-electron chi connectivity index (χ4n) is 3.46. The van der Waals surface area contributed by atoms with Gasteiger partial charge in [-0.05, 0) is 35.4 Å². The van der Waals surface area contributed by atoms with Gasteiger partial charge in [-0.25, -0.2) is 12.8 Å². The molecule has 2 aliphatic rings. The van der Waals surface area contributed by atoms with Crippen molar-refractivity contribution < 1.29 is 12.8 Å². The summed E-state index contributed by atoms with van der Waals surface area (Å²) in [5.41, 5.74) is 1.84. The number of amidine groups is 1. The van der Waals surface area contributed by atoms with E-state index < -0.39 is 9.84 Å². The number of thioether (sulfide) groups is 1. The van der Waals surface area contributed by atoms with E-state index in [1.807, 2.05) is 24.3 Å². The van der Waals surface area contributed by atoms with Crippen molar-refractivity contribution in [2.45, 2.75) is 24.4 Å². The van der Waals surface area contributed by atoms with Crippen LogP contribution in [-0.4, -0.2) is 42.1 Å². The summed E-state index contributed by atoms with van der Waals surface area (Å²) in [4.78, 5) is 6.74. The summed E-state index contributed by atoms with van der Waals surface area (Å²) in [7, 11) is -3.08. The van der Waals surface area contributed by atoms with Crippen LogP contribution in [0.25, 0.3) is 0 Å². The van der Waals surface area contributed by atoms with E-state index in [-0.39, 0.29) is 29.4 Å². The average Bonchev–Trinajstić information content (AvgIpc) is 3.08. The van der Waals surface area contributed by atoms with Crippen molar-refractivity contribution in [3.63, 3.8) is 0 Å². The van der Waals surface area contributed by atoms with Gasteiger partial charge in [-0.1, -0.05) is 53.2 Å². The van der Waals surface area contributed by atoms with Crippen LogP contribution in [0.3, 0.4) is 0 Å². The zero-order valence-corrected chi connectivity index (χ0v) is 17.8. The number of sulfone groups is 1. The van der Waals surface area contributed by atoms with Gasteiger partial charge in [0.1, 0.15) is 5.82 Å². The first-order valence-electron chi connectivity index (χ1n) is 8.67. The number of rotatable bonds is 4. The fraction of sp³-hybridized carbons (Fsp3) is 0.316. The van der Waals surface area contributed by atoms with Gasteiger partial charge in [-0.15, -0.1) is 0 Å². The quantitative estimate of drug-likeness (QED) is 0.680. The van der Waals surface area contributed by atoms with E-state index in [2.05, 4.69) is 9.89 Å². The molecule has 0 aromatic heterocycles. The van der Waals surface area contributed by atoms with Crippen LogP contribution >= 0.6 is 35.0 Å². The molecule has 0 aliphatic carbocycles. The Bertz CT molecular complexity index is 1030.